The van der Waals surface area contributed by atoms with Crippen molar-refractivity contribution >= 4 is 29.0 Å². The third kappa shape index (κ3) is 3.25. The molecular weight excluding hydrogens is 315 g/mol. The van der Waals surface area contributed by atoms with Crippen LogP contribution in [0.3, 0.4) is 0 Å². The van der Waals surface area contributed by atoms with E-state index in [4.69, 9.17) is 37.4 Å². The fourth-order valence-corrected chi connectivity index (χ4v) is 2.20. The van der Waals surface area contributed by atoms with Crippen LogP contribution in [-0.2, 0) is 0 Å². The number of benzene rings is 1. The summed E-state index contributed by atoms with van der Waals surface area (Å²) in [6.45, 7) is 0. The highest BCUT2D eigenvalue weighted by atomic mass is 35.5. The Hall–Kier alpha value is -1.85. The number of anilines is 1. The van der Waals surface area contributed by atoms with Gasteiger partial charge in [0, 0.05) is 7.05 Å². The number of hydrogen-bond acceptors (Lipinski definition) is 5. The van der Waals surface area contributed by atoms with E-state index in [9.17, 15) is 0 Å². The van der Waals surface area contributed by atoms with Crippen LogP contribution >= 0.6 is 23.2 Å². The average molecular weight is 329 g/mol. The molecule has 0 fully saturated rings. The Labute approximate surface area is 132 Å². The summed E-state index contributed by atoms with van der Waals surface area (Å²) in [4.78, 5) is 4.23. The lowest BCUT2D eigenvalue weighted by molar-refractivity contribution is 0.342. The minimum Gasteiger partial charge on any atom is -0.493 e. The van der Waals surface area contributed by atoms with Gasteiger partial charge < -0.3 is 19.5 Å². The second-order valence-corrected chi connectivity index (χ2v) is 4.76. The van der Waals surface area contributed by atoms with Crippen LogP contribution in [0.4, 0.5) is 5.82 Å². The standard InChI is InChI=1S/C14H14Cl2N2O3/c1-17-13-8(15)7-9(16)14(18-13)21-12-10(19-2)5-4-6-11(12)20-3/h4-7H,1-3H3,(H,17,18). The summed E-state index contributed by atoms with van der Waals surface area (Å²) in [5, 5.41) is 3.55. The van der Waals surface area contributed by atoms with E-state index in [1.54, 1.807) is 31.3 Å². The Kier molecular flexibility index (Phi) is 4.98. The quantitative estimate of drug-likeness (QED) is 0.889. The summed E-state index contributed by atoms with van der Waals surface area (Å²) >= 11 is 12.1. The number of aromatic nitrogens is 1. The Morgan fingerprint density at radius 2 is 1.67 bits per heavy atom. The van der Waals surface area contributed by atoms with Crippen LogP contribution in [0.15, 0.2) is 24.3 Å². The van der Waals surface area contributed by atoms with Crippen molar-refractivity contribution < 1.29 is 14.2 Å². The molecule has 0 saturated heterocycles. The zero-order valence-corrected chi connectivity index (χ0v) is 13.2. The minimum atomic E-state index is 0.202. The van der Waals surface area contributed by atoms with Gasteiger partial charge in [0.25, 0.3) is 0 Å². The summed E-state index contributed by atoms with van der Waals surface area (Å²) in [6.07, 6.45) is 0. The van der Waals surface area contributed by atoms with E-state index in [0.29, 0.717) is 28.1 Å². The Morgan fingerprint density at radius 3 is 2.19 bits per heavy atom. The predicted molar refractivity (Wildman–Crippen MR) is 83.4 cm³/mol. The summed E-state index contributed by atoms with van der Waals surface area (Å²) in [7, 11) is 4.78. The largest absolute Gasteiger partial charge is 0.493 e. The zero-order valence-electron chi connectivity index (χ0n) is 11.7. The van der Waals surface area contributed by atoms with E-state index >= 15 is 0 Å². The van der Waals surface area contributed by atoms with E-state index in [-0.39, 0.29) is 10.9 Å². The molecule has 0 atom stereocenters. The van der Waals surface area contributed by atoms with Crippen molar-refractivity contribution in [3.05, 3.63) is 34.3 Å². The Balaban J connectivity index is 2.47. The molecule has 0 aliphatic rings. The number of rotatable bonds is 5. The van der Waals surface area contributed by atoms with Crippen molar-refractivity contribution in [1.82, 2.24) is 4.98 Å². The van der Waals surface area contributed by atoms with Crippen molar-refractivity contribution in [3.63, 3.8) is 0 Å². The first-order valence-electron chi connectivity index (χ1n) is 6.03. The number of nitrogens with zero attached hydrogens (tertiary/aromatic N) is 1. The molecule has 0 radical (unpaired) electrons. The van der Waals surface area contributed by atoms with Gasteiger partial charge in [-0.2, -0.15) is 4.98 Å². The Morgan fingerprint density at radius 1 is 1.05 bits per heavy atom. The van der Waals surface area contributed by atoms with Gasteiger partial charge in [-0.3, -0.25) is 0 Å². The van der Waals surface area contributed by atoms with E-state index in [1.165, 1.54) is 14.2 Å². The zero-order chi connectivity index (χ0) is 15.4. The number of pyridine rings is 1. The van der Waals surface area contributed by atoms with Crippen LogP contribution in [0.2, 0.25) is 10.0 Å². The van der Waals surface area contributed by atoms with E-state index in [1.807, 2.05) is 0 Å². The van der Waals surface area contributed by atoms with Crippen LogP contribution in [0, 0.1) is 0 Å². The molecule has 1 aromatic heterocycles. The summed E-state index contributed by atoms with van der Waals surface area (Å²) in [5.41, 5.74) is 0. The van der Waals surface area contributed by atoms with Gasteiger partial charge in [0.15, 0.2) is 11.5 Å². The van der Waals surface area contributed by atoms with Gasteiger partial charge in [0.2, 0.25) is 11.6 Å². The molecule has 0 amide bonds. The van der Waals surface area contributed by atoms with E-state index in [0.717, 1.165) is 0 Å². The normalized spacial score (nSPS) is 10.1. The van der Waals surface area contributed by atoms with E-state index < -0.39 is 0 Å². The van der Waals surface area contributed by atoms with Crippen molar-refractivity contribution in [2.45, 2.75) is 0 Å². The van der Waals surface area contributed by atoms with Crippen LogP contribution in [-0.4, -0.2) is 26.3 Å². The molecule has 2 aromatic rings. The molecule has 0 saturated carbocycles. The first kappa shape index (κ1) is 15.5. The maximum Gasteiger partial charge on any atom is 0.240 e. The number of para-hydroxylation sites is 1. The molecule has 1 N–H and O–H groups in total. The summed E-state index contributed by atoms with van der Waals surface area (Å²) < 4.78 is 16.3. The molecule has 1 aromatic carbocycles. The fraction of sp³-hybridized carbons (Fsp3) is 0.214. The van der Waals surface area contributed by atoms with Gasteiger partial charge in [0.05, 0.1) is 19.2 Å². The smallest absolute Gasteiger partial charge is 0.240 e. The fourth-order valence-electron chi connectivity index (χ4n) is 1.71. The third-order valence-corrected chi connectivity index (χ3v) is 3.27. The van der Waals surface area contributed by atoms with Gasteiger partial charge in [-0.05, 0) is 18.2 Å². The Bertz CT molecular complexity index is 628. The number of methoxy groups -OCH3 is 2. The second kappa shape index (κ2) is 6.74. The van der Waals surface area contributed by atoms with Gasteiger partial charge in [0.1, 0.15) is 10.8 Å². The number of hydrogen-bond donors (Lipinski definition) is 1. The lowest BCUT2D eigenvalue weighted by Crippen LogP contribution is -1.99. The average Bonchev–Trinajstić information content (AvgIpc) is 2.49. The summed E-state index contributed by atoms with van der Waals surface area (Å²) in [6, 6.07) is 6.85. The monoisotopic (exact) mass is 328 g/mol. The molecule has 112 valence electrons. The van der Waals surface area contributed by atoms with Crippen LogP contribution in [0.25, 0.3) is 0 Å². The molecule has 1 heterocycles. The molecule has 0 aliphatic heterocycles. The highest BCUT2D eigenvalue weighted by Crippen LogP contribution is 2.42. The number of halogens is 2. The minimum absolute atomic E-state index is 0.202. The van der Waals surface area contributed by atoms with E-state index in [2.05, 4.69) is 10.3 Å². The van der Waals surface area contributed by atoms with Crippen LogP contribution in [0.1, 0.15) is 0 Å². The number of ether oxygens (including phenoxy) is 3. The van der Waals surface area contributed by atoms with Crippen LogP contribution < -0.4 is 19.5 Å². The molecule has 0 spiro atoms. The maximum absolute atomic E-state index is 6.12. The van der Waals surface area contributed by atoms with Gasteiger partial charge in [-0.1, -0.05) is 29.3 Å². The van der Waals surface area contributed by atoms with Gasteiger partial charge in [-0.15, -0.1) is 0 Å². The molecule has 0 unspecified atom stereocenters. The second-order valence-electron chi connectivity index (χ2n) is 3.95. The molecule has 7 heteroatoms. The van der Waals surface area contributed by atoms with Crippen molar-refractivity contribution in [3.8, 4) is 23.1 Å². The third-order valence-electron chi connectivity index (χ3n) is 2.72. The van der Waals surface area contributed by atoms with Crippen LogP contribution in [0.5, 0.6) is 23.1 Å². The van der Waals surface area contributed by atoms with Crippen molar-refractivity contribution in [2.24, 2.45) is 0 Å². The molecule has 0 bridgehead atoms. The molecule has 0 aliphatic carbocycles. The number of nitrogens with one attached hydrogen (secondary N) is 1. The predicted octanol–water partition coefficient (Wildman–Crippen LogP) is 4.24. The topological polar surface area (TPSA) is 52.6 Å². The molecule has 5 nitrogen and oxygen atoms in total. The first-order chi connectivity index (χ1) is 10.1. The summed E-state index contributed by atoms with van der Waals surface area (Å²) in [5.74, 6) is 2.07. The van der Waals surface area contributed by atoms with Gasteiger partial charge in [-0.25, -0.2) is 0 Å². The molecular formula is C14H14Cl2N2O3. The molecule has 21 heavy (non-hydrogen) atoms. The maximum atomic E-state index is 6.12. The molecule has 2 rings (SSSR count). The van der Waals surface area contributed by atoms with Gasteiger partial charge >= 0.3 is 0 Å². The highest BCUT2D eigenvalue weighted by Gasteiger charge is 2.16. The highest BCUT2D eigenvalue weighted by molar-refractivity contribution is 6.36. The first-order valence-corrected chi connectivity index (χ1v) is 6.79. The lowest BCUT2D eigenvalue weighted by Gasteiger charge is -2.14. The lowest BCUT2D eigenvalue weighted by atomic mass is 10.3. The SMILES string of the molecule is CNc1nc(Oc2c(OC)cccc2OC)c(Cl)cc1Cl. The van der Waals surface area contributed by atoms with Crippen molar-refractivity contribution in [2.75, 3.05) is 26.6 Å². The van der Waals surface area contributed by atoms with Crippen molar-refractivity contribution in [1.29, 1.82) is 0 Å².